The second-order valence-electron chi connectivity index (χ2n) is 5.91. The van der Waals surface area contributed by atoms with Gasteiger partial charge in [0.2, 0.25) is 11.8 Å². The fourth-order valence-electron chi connectivity index (χ4n) is 2.67. The molecule has 8 heteroatoms. The molecule has 140 valence electrons. The van der Waals surface area contributed by atoms with E-state index < -0.39 is 35.6 Å². The number of aromatic nitrogens is 1. The Morgan fingerprint density at radius 2 is 1.74 bits per heavy atom. The normalized spacial score (nSPS) is 10.8. The lowest BCUT2D eigenvalue weighted by molar-refractivity contribution is -0.124. The molecule has 0 radical (unpaired) electrons. The summed E-state index contributed by atoms with van der Waals surface area (Å²) < 4.78 is 39.5. The van der Waals surface area contributed by atoms with Gasteiger partial charge in [0.05, 0.1) is 12.2 Å². The Kier molecular flexibility index (Phi) is 5.44. The standard InChI is InChI=1S/C19H16F3N3O2/c20-13-6-7-15(19(22)18(13)21)25-17(27)10-24-16(26)8-5-11-9-23-14-4-2-1-3-12(11)14/h1-4,6-7,9,23H,5,8,10H2,(H,24,26)(H,25,27). The Bertz CT molecular complexity index is 1000. The molecular weight excluding hydrogens is 359 g/mol. The summed E-state index contributed by atoms with van der Waals surface area (Å²) in [4.78, 5) is 26.8. The van der Waals surface area contributed by atoms with E-state index >= 15 is 0 Å². The molecule has 5 nitrogen and oxygen atoms in total. The van der Waals surface area contributed by atoms with E-state index in [0.29, 0.717) is 12.5 Å². The van der Waals surface area contributed by atoms with Crippen molar-refractivity contribution >= 4 is 28.4 Å². The Labute approximate surface area is 152 Å². The molecule has 27 heavy (non-hydrogen) atoms. The van der Waals surface area contributed by atoms with Crippen LogP contribution in [0.1, 0.15) is 12.0 Å². The number of fused-ring (bicyclic) bond motifs is 1. The summed E-state index contributed by atoms with van der Waals surface area (Å²) in [6, 6.07) is 9.30. The third-order valence-electron chi connectivity index (χ3n) is 4.05. The number of anilines is 1. The van der Waals surface area contributed by atoms with Crippen LogP contribution in [0.25, 0.3) is 10.9 Å². The highest BCUT2D eigenvalue weighted by molar-refractivity contribution is 5.94. The maximum absolute atomic E-state index is 13.5. The van der Waals surface area contributed by atoms with Crippen LogP contribution in [-0.4, -0.2) is 23.3 Å². The fourth-order valence-corrected chi connectivity index (χ4v) is 2.67. The molecule has 0 aliphatic carbocycles. The second kappa shape index (κ2) is 7.94. The molecule has 3 N–H and O–H groups in total. The molecule has 0 aliphatic heterocycles. The third kappa shape index (κ3) is 4.28. The first kappa shape index (κ1) is 18.5. The first-order chi connectivity index (χ1) is 13.0. The van der Waals surface area contributed by atoms with Crippen molar-refractivity contribution in [2.24, 2.45) is 0 Å². The fraction of sp³-hybridized carbons (Fsp3) is 0.158. The zero-order chi connectivity index (χ0) is 19.4. The summed E-state index contributed by atoms with van der Waals surface area (Å²) in [5.41, 5.74) is 1.46. The van der Waals surface area contributed by atoms with Crippen molar-refractivity contribution in [1.82, 2.24) is 10.3 Å². The predicted molar refractivity (Wildman–Crippen MR) is 94.6 cm³/mol. The molecule has 0 saturated carbocycles. The lowest BCUT2D eigenvalue weighted by Crippen LogP contribution is -2.33. The van der Waals surface area contributed by atoms with Gasteiger partial charge in [-0.2, -0.15) is 0 Å². The molecule has 0 unspecified atom stereocenters. The maximum atomic E-state index is 13.5. The number of carbonyl (C=O) groups excluding carboxylic acids is 2. The minimum atomic E-state index is -1.67. The molecule has 0 aliphatic rings. The van der Waals surface area contributed by atoms with Gasteiger partial charge in [0.15, 0.2) is 17.5 Å². The number of benzene rings is 2. The van der Waals surface area contributed by atoms with Gasteiger partial charge in [0.25, 0.3) is 0 Å². The number of aryl methyl sites for hydroxylation is 1. The summed E-state index contributed by atoms with van der Waals surface area (Å²) in [6.45, 7) is -0.412. The van der Waals surface area contributed by atoms with E-state index in [0.717, 1.165) is 22.5 Å². The van der Waals surface area contributed by atoms with Gasteiger partial charge in [-0.3, -0.25) is 9.59 Å². The average molecular weight is 375 g/mol. The number of aromatic amines is 1. The van der Waals surface area contributed by atoms with Crippen molar-refractivity contribution in [3.8, 4) is 0 Å². The molecule has 1 heterocycles. The number of hydrogen-bond acceptors (Lipinski definition) is 2. The number of hydrogen-bond donors (Lipinski definition) is 3. The zero-order valence-corrected chi connectivity index (χ0v) is 14.1. The Hall–Kier alpha value is -3.29. The smallest absolute Gasteiger partial charge is 0.243 e. The molecule has 3 aromatic rings. The van der Waals surface area contributed by atoms with Crippen LogP contribution < -0.4 is 10.6 Å². The predicted octanol–water partition coefficient (Wildman–Crippen LogP) is 3.27. The van der Waals surface area contributed by atoms with Crippen molar-refractivity contribution in [3.63, 3.8) is 0 Å². The Balaban J connectivity index is 1.49. The second-order valence-corrected chi connectivity index (χ2v) is 5.91. The average Bonchev–Trinajstić information content (AvgIpc) is 3.08. The molecule has 0 saturated heterocycles. The van der Waals surface area contributed by atoms with Crippen LogP contribution in [0.5, 0.6) is 0 Å². The van der Waals surface area contributed by atoms with E-state index in [4.69, 9.17) is 0 Å². The SMILES string of the molecule is O=C(CCc1c[nH]c2ccccc12)NCC(=O)Nc1ccc(F)c(F)c1F. The van der Waals surface area contributed by atoms with Crippen molar-refractivity contribution in [1.29, 1.82) is 0 Å². The highest BCUT2D eigenvalue weighted by Crippen LogP contribution is 2.20. The topological polar surface area (TPSA) is 74.0 Å². The van der Waals surface area contributed by atoms with Crippen molar-refractivity contribution < 1.29 is 22.8 Å². The van der Waals surface area contributed by atoms with Gasteiger partial charge in [-0.1, -0.05) is 18.2 Å². The molecule has 2 amide bonds. The third-order valence-corrected chi connectivity index (χ3v) is 4.05. The van der Waals surface area contributed by atoms with E-state index in [1.165, 1.54) is 0 Å². The van der Waals surface area contributed by atoms with E-state index in [9.17, 15) is 22.8 Å². The van der Waals surface area contributed by atoms with Gasteiger partial charge < -0.3 is 15.6 Å². The van der Waals surface area contributed by atoms with Gasteiger partial charge in [0.1, 0.15) is 0 Å². The number of rotatable bonds is 6. The van der Waals surface area contributed by atoms with Gasteiger partial charge in [-0.25, -0.2) is 13.2 Å². The van der Waals surface area contributed by atoms with Gasteiger partial charge in [-0.05, 0) is 30.2 Å². The van der Waals surface area contributed by atoms with Gasteiger partial charge in [0, 0.05) is 23.5 Å². The number of para-hydroxylation sites is 1. The summed E-state index contributed by atoms with van der Waals surface area (Å²) in [6.07, 6.45) is 2.47. The van der Waals surface area contributed by atoms with E-state index in [1.54, 1.807) is 0 Å². The summed E-state index contributed by atoms with van der Waals surface area (Å²) in [5.74, 6) is -5.62. The minimum Gasteiger partial charge on any atom is -0.361 e. The molecule has 0 atom stereocenters. The molecule has 0 fully saturated rings. The number of nitrogens with one attached hydrogen (secondary N) is 3. The molecular formula is C19H16F3N3O2. The van der Waals surface area contributed by atoms with Crippen molar-refractivity contribution in [3.05, 3.63) is 65.6 Å². The number of H-pyrrole nitrogens is 1. The van der Waals surface area contributed by atoms with Crippen LogP contribution >= 0.6 is 0 Å². The minimum absolute atomic E-state index is 0.161. The molecule has 0 bridgehead atoms. The van der Waals surface area contributed by atoms with E-state index in [1.807, 2.05) is 30.5 Å². The zero-order valence-electron chi connectivity index (χ0n) is 14.1. The Morgan fingerprint density at radius 3 is 2.56 bits per heavy atom. The summed E-state index contributed by atoms with van der Waals surface area (Å²) in [7, 11) is 0. The quantitative estimate of drug-likeness (QED) is 0.579. The largest absolute Gasteiger partial charge is 0.361 e. The lowest BCUT2D eigenvalue weighted by Gasteiger charge is -2.08. The van der Waals surface area contributed by atoms with E-state index in [-0.39, 0.29) is 12.3 Å². The Morgan fingerprint density at radius 1 is 0.963 bits per heavy atom. The lowest BCUT2D eigenvalue weighted by atomic mass is 10.1. The first-order valence-corrected chi connectivity index (χ1v) is 8.20. The number of halogens is 3. The molecule has 0 spiro atoms. The highest BCUT2D eigenvalue weighted by atomic mass is 19.2. The van der Waals surface area contributed by atoms with Crippen LogP contribution in [-0.2, 0) is 16.0 Å². The molecule has 1 aromatic heterocycles. The molecule has 3 rings (SSSR count). The number of amides is 2. The van der Waals surface area contributed by atoms with Crippen LogP contribution in [0.4, 0.5) is 18.9 Å². The maximum Gasteiger partial charge on any atom is 0.243 e. The van der Waals surface area contributed by atoms with Crippen LogP contribution in [0.3, 0.4) is 0 Å². The molecule has 2 aromatic carbocycles. The summed E-state index contributed by atoms with van der Waals surface area (Å²) >= 11 is 0. The number of carbonyl (C=O) groups is 2. The van der Waals surface area contributed by atoms with Crippen molar-refractivity contribution in [2.45, 2.75) is 12.8 Å². The first-order valence-electron chi connectivity index (χ1n) is 8.20. The van der Waals surface area contributed by atoms with Gasteiger partial charge in [-0.15, -0.1) is 0 Å². The van der Waals surface area contributed by atoms with Crippen LogP contribution in [0.2, 0.25) is 0 Å². The summed E-state index contributed by atoms with van der Waals surface area (Å²) in [5, 5.41) is 5.52. The van der Waals surface area contributed by atoms with Crippen LogP contribution in [0, 0.1) is 17.5 Å². The highest BCUT2D eigenvalue weighted by Gasteiger charge is 2.15. The van der Waals surface area contributed by atoms with Crippen LogP contribution in [0.15, 0.2) is 42.6 Å². The van der Waals surface area contributed by atoms with Crippen molar-refractivity contribution in [2.75, 3.05) is 11.9 Å². The van der Waals surface area contributed by atoms with Gasteiger partial charge >= 0.3 is 0 Å². The van der Waals surface area contributed by atoms with E-state index in [2.05, 4.69) is 15.6 Å². The monoisotopic (exact) mass is 375 g/mol.